The van der Waals surface area contributed by atoms with Crippen molar-refractivity contribution in [1.82, 2.24) is 18.9 Å². The molecule has 1 aromatic rings. The molecule has 0 N–H and O–H groups in total. The van der Waals surface area contributed by atoms with E-state index in [9.17, 15) is 24.0 Å². The van der Waals surface area contributed by atoms with Gasteiger partial charge in [0.25, 0.3) is 5.56 Å². The van der Waals surface area contributed by atoms with Gasteiger partial charge in [-0.1, -0.05) is 0 Å². The predicted octanol–water partition coefficient (Wildman–Crippen LogP) is -1.11. The molecule has 4 amide bonds. The lowest BCUT2D eigenvalue weighted by atomic mass is 9.69. The van der Waals surface area contributed by atoms with E-state index in [-0.39, 0.29) is 12.0 Å². The highest BCUT2D eigenvalue weighted by molar-refractivity contribution is 6.20. The van der Waals surface area contributed by atoms with Crippen molar-refractivity contribution < 1.29 is 14.4 Å². The van der Waals surface area contributed by atoms with E-state index < -0.39 is 40.6 Å². The van der Waals surface area contributed by atoms with E-state index in [1.165, 1.54) is 25.7 Å². The van der Waals surface area contributed by atoms with Crippen LogP contribution in [0.4, 0.5) is 10.6 Å². The van der Waals surface area contributed by atoms with Crippen molar-refractivity contribution in [1.29, 1.82) is 0 Å². The van der Waals surface area contributed by atoms with Gasteiger partial charge in [0, 0.05) is 41.2 Å². The molecule has 0 radical (unpaired) electrons. The van der Waals surface area contributed by atoms with Gasteiger partial charge in [0.15, 0.2) is 5.41 Å². The number of nitrogens with zero attached hydrogens (tertiary/aromatic N) is 5. The van der Waals surface area contributed by atoms with Crippen LogP contribution in [0.15, 0.2) is 9.59 Å². The number of barbiturate groups is 1. The van der Waals surface area contributed by atoms with Gasteiger partial charge in [-0.3, -0.25) is 33.3 Å². The fourth-order valence-electron chi connectivity index (χ4n) is 4.32. The third-order valence-corrected chi connectivity index (χ3v) is 5.92. The third-order valence-electron chi connectivity index (χ3n) is 5.92. The molecule has 1 spiro atoms. The Morgan fingerprint density at radius 1 is 0.926 bits per heavy atom. The Hall–Kier alpha value is -2.91. The summed E-state index contributed by atoms with van der Waals surface area (Å²) in [6, 6.07) is -1.35. The quantitative estimate of drug-likeness (QED) is 0.575. The molecule has 10 heteroatoms. The summed E-state index contributed by atoms with van der Waals surface area (Å²) in [4.78, 5) is 67.2. The lowest BCUT2D eigenvalue weighted by Crippen LogP contribution is -2.71. The topological polar surface area (TPSA) is 105 Å². The van der Waals surface area contributed by atoms with E-state index in [2.05, 4.69) is 0 Å². The highest BCUT2D eigenvalue weighted by Crippen LogP contribution is 2.43. The fraction of sp³-hybridized carbons (Fsp3) is 0.588. The number of anilines is 1. The number of carbonyl (C=O) groups excluding carboxylic acids is 3. The van der Waals surface area contributed by atoms with Crippen LogP contribution >= 0.6 is 0 Å². The number of rotatable bonds is 1. The molecule has 1 aromatic heterocycles. The third kappa shape index (κ3) is 2.09. The normalized spacial score (nSPS) is 21.9. The molecule has 0 bridgehead atoms. The van der Waals surface area contributed by atoms with Crippen LogP contribution in [0.3, 0.4) is 0 Å². The van der Waals surface area contributed by atoms with Crippen LogP contribution in [0, 0.1) is 5.41 Å². The van der Waals surface area contributed by atoms with Gasteiger partial charge < -0.3 is 4.90 Å². The van der Waals surface area contributed by atoms with Gasteiger partial charge in [0.05, 0.1) is 11.6 Å². The van der Waals surface area contributed by atoms with Crippen LogP contribution in [0.5, 0.6) is 0 Å². The van der Waals surface area contributed by atoms with Crippen molar-refractivity contribution in [2.45, 2.75) is 26.3 Å². The Morgan fingerprint density at radius 2 is 1.44 bits per heavy atom. The number of carbonyl (C=O) groups is 3. The zero-order chi connectivity index (χ0) is 20.4. The lowest BCUT2D eigenvalue weighted by molar-refractivity contribution is -0.159. The van der Waals surface area contributed by atoms with Crippen LogP contribution in [0.25, 0.3) is 0 Å². The van der Waals surface area contributed by atoms with Crippen LogP contribution in [-0.4, -0.2) is 63.5 Å². The number of fused-ring (bicyclic) bond motifs is 1. The average molecular weight is 377 g/mol. The minimum atomic E-state index is -1.61. The number of hydrogen-bond donors (Lipinski definition) is 0. The minimum Gasteiger partial charge on any atom is -0.353 e. The van der Waals surface area contributed by atoms with Crippen LogP contribution in [0.1, 0.15) is 19.4 Å². The fourth-order valence-corrected chi connectivity index (χ4v) is 4.32. The Labute approximate surface area is 155 Å². The first-order valence-electron chi connectivity index (χ1n) is 8.68. The molecule has 1 atom stereocenters. The van der Waals surface area contributed by atoms with Gasteiger partial charge in [0.1, 0.15) is 5.82 Å². The second kappa shape index (κ2) is 5.80. The number of aromatic nitrogens is 2. The monoisotopic (exact) mass is 377 g/mol. The van der Waals surface area contributed by atoms with Gasteiger partial charge in [0.2, 0.25) is 11.8 Å². The Morgan fingerprint density at radius 3 is 1.93 bits per heavy atom. The lowest BCUT2D eigenvalue weighted by Gasteiger charge is -2.51. The van der Waals surface area contributed by atoms with Crippen LogP contribution in [0.2, 0.25) is 0 Å². The second-order valence-corrected chi connectivity index (χ2v) is 7.13. The molecule has 27 heavy (non-hydrogen) atoms. The van der Waals surface area contributed by atoms with Crippen molar-refractivity contribution >= 4 is 23.7 Å². The van der Waals surface area contributed by atoms with Gasteiger partial charge in [-0.05, 0) is 13.8 Å². The summed E-state index contributed by atoms with van der Waals surface area (Å²) in [5.74, 6) is -0.863. The summed E-state index contributed by atoms with van der Waals surface area (Å²) in [6.07, 6.45) is -0.166. The van der Waals surface area contributed by atoms with Crippen LogP contribution in [-0.2, 0) is 30.1 Å². The molecule has 1 unspecified atom stereocenters. The first-order valence-corrected chi connectivity index (χ1v) is 8.68. The maximum Gasteiger partial charge on any atom is 0.332 e. The summed E-state index contributed by atoms with van der Waals surface area (Å²) < 4.78 is 2.33. The number of amides is 4. The van der Waals surface area contributed by atoms with E-state index in [1.54, 1.807) is 18.9 Å². The van der Waals surface area contributed by atoms with E-state index in [0.717, 1.165) is 14.4 Å². The zero-order valence-electron chi connectivity index (χ0n) is 16.3. The standard InChI is InChI=1S/C17H23N5O5/c1-7-22-9(2)17(13(24)20(5)16(27)21(6)14(17)25)8-10-11(22)18(3)15(26)19(4)12(10)23/h9H,7-8H2,1-6H3. The molecule has 3 rings (SSSR count). The molecule has 146 valence electrons. The van der Waals surface area contributed by atoms with Crippen molar-refractivity contribution in [3.63, 3.8) is 0 Å². The summed E-state index contributed by atoms with van der Waals surface area (Å²) >= 11 is 0. The highest BCUT2D eigenvalue weighted by atomic mass is 16.2. The SMILES string of the molecule is CCN1c2c(c(=O)n(C)c(=O)n2C)CC2(C(=O)N(C)C(=O)N(C)C2=O)C1C. The molecule has 1 saturated heterocycles. The molecule has 10 nitrogen and oxygen atoms in total. The molecule has 0 saturated carbocycles. The Balaban J connectivity index is 2.37. The van der Waals surface area contributed by atoms with Crippen molar-refractivity contribution in [3.8, 4) is 0 Å². The molecule has 3 heterocycles. The second-order valence-electron chi connectivity index (χ2n) is 7.13. The Bertz CT molecular complexity index is 967. The molecule has 1 fully saturated rings. The van der Waals surface area contributed by atoms with E-state index in [4.69, 9.17) is 0 Å². The van der Waals surface area contributed by atoms with Gasteiger partial charge in [-0.15, -0.1) is 0 Å². The summed E-state index contributed by atoms with van der Waals surface area (Å²) in [7, 11) is 5.57. The highest BCUT2D eigenvalue weighted by Gasteiger charge is 2.62. The van der Waals surface area contributed by atoms with Gasteiger partial charge in [-0.2, -0.15) is 0 Å². The van der Waals surface area contributed by atoms with E-state index in [1.807, 2.05) is 6.92 Å². The maximum absolute atomic E-state index is 13.2. The maximum atomic E-state index is 13.2. The summed E-state index contributed by atoms with van der Waals surface area (Å²) in [5, 5.41) is 0. The van der Waals surface area contributed by atoms with Crippen molar-refractivity contribution in [3.05, 3.63) is 26.4 Å². The molecular weight excluding hydrogens is 354 g/mol. The first-order chi connectivity index (χ1) is 12.5. The molecular formula is C17H23N5O5. The largest absolute Gasteiger partial charge is 0.353 e. The molecule has 0 aliphatic carbocycles. The van der Waals surface area contributed by atoms with Gasteiger partial charge >= 0.3 is 11.7 Å². The van der Waals surface area contributed by atoms with E-state index in [0.29, 0.717) is 12.4 Å². The smallest absolute Gasteiger partial charge is 0.332 e. The van der Waals surface area contributed by atoms with E-state index >= 15 is 0 Å². The number of hydrogen-bond acceptors (Lipinski definition) is 6. The summed E-state index contributed by atoms with van der Waals surface area (Å²) in [5.41, 5.74) is -2.41. The molecule has 2 aliphatic heterocycles. The average Bonchev–Trinajstić information content (AvgIpc) is 2.66. The first kappa shape index (κ1) is 18.9. The number of urea groups is 1. The molecule has 2 aliphatic rings. The Kier molecular flexibility index (Phi) is 4.05. The van der Waals surface area contributed by atoms with Crippen molar-refractivity contribution in [2.24, 2.45) is 19.5 Å². The number of imide groups is 2. The van der Waals surface area contributed by atoms with Crippen molar-refractivity contribution in [2.75, 3.05) is 25.5 Å². The predicted molar refractivity (Wildman–Crippen MR) is 96.5 cm³/mol. The zero-order valence-corrected chi connectivity index (χ0v) is 16.3. The molecule has 0 aromatic carbocycles. The van der Waals surface area contributed by atoms with Gasteiger partial charge in [-0.25, -0.2) is 9.59 Å². The van der Waals surface area contributed by atoms with Crippen LogP contribution < -0.4 is 16.1 Å². The summed E-state index contributed by atoms with van der Waals surface area (Å²) in [6.45, 7) is 3.90. The minimum absolute atomic E-state index is 0.166.